The molecule has 0 N–H and O–H groups in total. The average molecular weight is 317 g/mol. The second-order valence-electron chi connectivity index (χ2n) is 5.84. The second-order valence-corrected chi connectivity index (χ2v) is 6.78. The van der Waals surface area contributed by atoms with E-state index in [2.05, 4.69) is 29.7 Å². The van der Waals surface area contributed by atoms with Crippen molar-refractivity contribution in [3.8, 4) is 0 Å². The van der Waals surface area contributed by atoms with Gasteiger partial charge >= 0.3 is 0 Å². The fraction of sp³-hybridized carbons (Fsp3) is 0.571. The standard InChI is InChI=1S/C14H19N7S/c1-10-8-21-13(15-10)22-14(18-21)19(2)9-12-17-16-11-6-4-3-5-7-20(11)12/h8H,3-7,9H2,1-2H3. The molecule has 0 unspecified atom stereocenters. The number of rotatable bonds is 3. The first-order chi connectivity index (χ1) is 10.7. The maximum atomic E-state index is 4.59. The van der Waals surface area contributed by atoms with Gasteiger partial charge in [-0.3, -0.25) is 0 Å². The van der Waals surface area contributed by atoms with Gasteiger partial charge in [0, 0.05) is 20.0 Å². The van der Waals surface area contributed by atoms with Gasteiger partial charge in [0.15, 0.2) is 5.82 Å². The van der Waals surface area contributed by atoms with Gasteiger partial charge in [-0.05, 0) is 19.8 Å². The van der Waals surface area contributed by atoms with Gasteiger partial charge in [0.1, 0.15) is 5.82 Å². The Hall–Kier alpha value is -1.96. The summed E-state index contributed by atoms with van der Waals surface area (Å²) in [6, 6.07) is 0. The molecule has 1 aliphatic rings. The molecule has 0 spiro atoms. The van der Waals surface area contributed by atoms with E-state index in [-0.39, 0.29) is 0 Å². The van der Waals surface area contributed by atoms with E-state index in [4.69, 9.17) is 0 Å². The summed E-state index contributed by atoms with van der Waals surface area (Å²) in [6.07, 6.45) is 6.71. The van der Waals surface area contributed by atoms with E-state index >= 15 is 0 Å². The summed E-state index contributed by atoms with van der Waals surface area (Å²) in [5.74, 6) is 2.16. The highest BCUT2D eigenvalue weighted by Crippen LogP contribution is 2.24. The molecule has 1 aliphatic heterocycles. The molecule has 0 aromatic carbocycles. The van der Waals surface area contributed by atoms with Crippen molar-refractivity contribution in [2.45, 2.75) is 45.7 Å². The van der Waals surface area contributed by atoms with Gasteiger partial charge in [-0.25, -0.2) is 9.50 Å². The van der Waals surface area contributed by atoms with Crippen LogP contribution in [0, 0.1) is 6.92 Å². The molecule has 8 heteroatoms. The fourth-order valence-corrected chi connectivity index (χ4v) is 3.78. The number of fused-ring (bicyclic) bond motifs is 2. The summed E-state index contributed by atoms with van der Waals surface area (Å²) in [5, 5.41) is 14.3. The van der Waals surface area contributed by atoms with Crippen LogP contribution >= 0.6 is 11.3 Å². The largest absolute Gasteiger partial charge is 0.342 e. The van der Waals surface area contributed by atoms with E-state index in [0.717, 1.165) is 46.9 Å². The van der Waals surface area contributed by atoms with Crippen LogP contribution in [0.4, 0.5) is 5.13 Å². The van der Waals surface area contributed by atoms with Crippen molar-refractivity contribution >= 4 is 21.4 Å². The summed E-state index contributed by atoms with van der Waals surface area (Å²) in [6.45, 7) is 3.74. The quantitative estimate of drug-likeness (QED) is 0.740. The topological polar surface area (TPSA) is 64.1 Å². The highest BCUT2D eigenvalue weighted by atomic mass is 32.1. The average Bonchev–Trinajstić information content (AvgIpc) is 3.07. The third-order valence-electron chi connectivity index (χ3n) is 4.04. The smallest absolute Gasteiger partial charge is 0.214 e. The van der Waals surface area contributed by atoms with Crippen LogP contribution in [-0.4, -0.2) is 36.4 Å². The minimum Gasteiger partial charge on any atom is -0.342 e. The van der Waals surface area contributed by atoms with Crippen molar-refractivity contribution < 1.29 is 0 Å². The lowest BCUT2D eigenvalue weighted by molar-refractivity contribution is 0.601. The van der Waals surface area contributed by atoms with Crippen molar-refractivity contribution in [3.05, 3.63) is 23.5 Å². The highest BCUT2D eigenvalue weighted by Gasteiger charge is 2.18. The van der Waals surface area contributed by atoms with Crippen LogP contribution in [0.15, 0.2) is 6.20 Å². The first kappa shape index (κ1) is 13.7. The minimum atomic E-state index is 0.725. The SMILES string of the molecule is Cc1cn2nc(N(C)Cc3nnc4n3CCCCC4)sc2n1. The molecule has 3 aromatic heterocycles. The number of aryl methyl sites for hydroxylation is 2. The van der Waals surface area contributed by atoms with Gasteiger partial charge in [-0.2, -0.15) is 0 Å². The van der Waals surface area contributed by atoms with Crippen LogP contribution in [0.5, 0.6) is 0 Å². The molecule has 116 valence electrons. The molecule has 0 radical (unpaired) electrons. The van der Waals surface area contributed by atoms with Gasteiger partial charge < -0.3 is 9.47 Å². The first-order valence-corrected chi connectivity index (χ1v) is 8.47. The molecule has 4 rings (SSSR count). The lowest BCUT2D eigenvalue weighted by atomic mass is 10.2. The van der Waals surface area contributed by atoms with Crippen LogP contribution in [0.25, 0.3) is 4.96 Å². The summed E-state index contributed by atoms with van der Waals surface area (Å²) in [7, 11) is 2.05. The molecular formula is C14H19N7S. The molecular weight excluding hydrogens is 298 g/mol. The van der Waals surface area contributed by atoms with Crippen LogP contribution < -0.4 is 4.90 Å². The molecule has 0 fully saturated rings. The Balaban J connectivity index is 1.57. The number of hydrogen-bond acceptors (Lipinski definition) is 6. The number of imidazole rings is 1. The maximum absolute atomic E-state index is 4.59. The van der Waals surface area contributed by atoms with E-state index in [1.165, 1.54) is 19.3 Å². The molecule has 0 amide bonds. The molecule has 0 atom stereocenters. The van der Waals surface area contributed by atoms with Gasteiger partial charge in [0.25, 0.3) is 0 Å². The lowest BCUT2D eigenvalue weighted by Gasteiger charge is -2.15. The van der Waals surface area contributed by atoms with Crippen LogP contribution in [0.1, 0.15) is 36.6 Å². The minimum absolute atomic E-state index is 0.725. The number of hydrogen-bond donors (Lipinski definition) is 0. The third kappa shape index (κ3) is 2.37. The Morgan fingerprint density at radius 3 is 3.05 bits per heavy atom. The summed E-state index contributed by atoms with van der Waals surface area (Å²) >= 11 is 1.60. The van der Waals surface area contributed by atoms with E-state index < -0.39 is 0 Å². The molecule has 22 heavy (non-hydrogen) atoms. The molecule has 0 aliphatic carbocycles. The number of nitrogens with zero attached hydrogens (tertiary/aromatic N) is 7. The summed E-state index contributed by atoms with van der Waals surface area (Å²) < 4.78 is 4.13. The van der Waals surface area contributed by atoms with Gasteiger partial charge in [0.05, 0.1) is 18.4 Å². The molecule has 3 aromatic rings. The van der Waals surface area contributed by atoms with Crippen LogP contribution in [0.3, 0.4) is 0 Å². The van der Waals surface area contributed by atoms with Crippen molar-refractivity contribution in [2.24, 2.45) is 0 Å². The van der Waals surface area contributed by atoms with Crippen molar-refractivity contribution in [1.82, 2.24) is 29.4 Å². The Morgan fingerprint density at radius 2 is 2.18 bits per heavy atom. The number of anilines is 1. The van der Waals surface area contributed by atoms with Crippen molar-refractivity contribution in [1.29, 1.82) is 0 Å². The first-order valence-electron chi connectivity index (χ1n) is 7.65. The Morgan fingerprint density at radius 1 is 1.27 bits per heavy atom. The Kier molecular flexibility index (Phi) is 3.33. The molecule has 4 heterocycles. The molecule has 0 bridgehead atoms. The lowest BCUT2D eigenvalue weighted by Crippen LogP contribution is -2.20. The van der Waals surface area contributed by atoms with Crippen molar-refractivity contribution in [2.75, 3.05) is 11.9 Å². The summed E-state index contributed by atoms with van der Waals surface area (Å²) in [4.78, 5) is 7.51. The fourth-order valence-electron chi connectivity index (χ4n) is 2.89. The monoisotopic (exact) mass is 317 g/mol. The predicted molar refractivity (Wildman–Crippen MR) is 85.3 cm³/mol. The van der Waals surface area contributed by atoms with E-state index in [0.29, 0.717) is 0 Å². The van der Waals surface area contributed by atoms with E-state index in [1.807, 2.05) is 24.7 Å². The van der Waals surface area contributed by atoms with Crippen LogP contribution in [0.2, 0.25) is 0 Å². The van der Waals surface area contributed by atoms with Crippen molar-refractivity contribution in [3.63, 3.8) is 0 Å². The molecule has 0 saturated heterocycles. The van der Waals surface area contributed by atoms with Gasteiger partial charge in [-0.15, -0.1) is 15.3 Å². The Bertz CT molecular complexity index is 768. The van der Waals surface area contributed by atoms with Gasteiger partial charge in [-0.1, -0.05) is 17.8 Å². The zero-order valence-electron chi connectivity index (χ0n) is 12.9. The zero-order chi connectivity index (χ0) is 15.1. The maximum Gasteiger partial charge on any atom is 0.214 e. The molecule has 7 nitrogen and oxygen atoms in total. The Labute approximate surface area is 132 Å². The number of aromatic nitrogens is 6. The normalized spacial score (nSPS) is 15.0. The van der Waals surface area contributed by atoms with Gasteiger partial charge in [0.2, 0.25) is 10.1 Å². The van der Waals surface area contributed by atoms with E-state index in [1.54, 1.807) is 11.3 Å². The van der Waals surface area contributed by atoms with E-state index in [9.17, 15) is 0 Å². The summed E-state index contributed by atoms with van der Waals surface area (Å²) in [5.41, 5.74) is 0.996. The molecule has 0 saturated carbocycles. The predicted octanol–water partition coefficient (Wildman–Crippen LogP) is 2.05. The zero-order valence-corrected chi connectivity index (χ0v) is 13.7. The second kappa shape index (κ2) is 5.35. The third-order valence-corrected chi connectivity index (χ3v) is 5.08. The van der Waals surface area contributed by atoms with Crippen LogP contribution in [-0.2, 0) is 19.5 Å². The highest BCUT2D eigenvalue weighted by molar-refractivity contribution is 7.20.